The lowest BCUT2D eigenvalue weighted by atomic mass is 10.0. The molecule has 2 N–H and O–H groups in total. The molecule has 1 aromatic carbocycles. The lowest BCUT2D eigenvalue weighted by molar-refractivity contribution is 0.498. The fourth-order valence-corrected chi connectivity index (χ4v) is 3.34. The standard InChI is InChI=1S/C16H11ClFN5OS/c17-13-9(4-5-20-15(13)18)10-2-1-3-11-14(10)22-16(23-25-11)21-8-12-19-6-7-24-12/h1-7H,8H2,(H2,21,22,23). The summed E-state index contributed by atoms with van der Waals surface area (Å²) in [5, 5.41) is 3.21. The first-order chi connectivity index (χ1) is 12.2. The van der Waals surface area contributed by atoms with Crippen LogP contribution in [0.4, 0.5) is 10.1 Å². The average molecular weight is 376 g/mol. The van der Waals surface area contributed by atoms with E-state index in [1.165, 1.54) is 24.4 Å². The van der Waals surface area contributed by atoms with Crippen molar-refractivity contribution in [2.45, 2.75) is 11.4 Å². The summed E-state index contributed by atoms with van der Waals surface area (Å²) in [7, 11) is 0. The number of hydrogen-bond acceptors (Lipinski definition) is 5. The Morgan fingerprint density at radius 3 is 2.96 bits per heavy atom. The molecule has 3 heterocycles. The predicted octanol–water partition coefficient (Wildman–Crippen LogP) is 4.11. The fraction of sp³-hybridized carbons (Fsp3) is 0.0625. The topological polar surface area (TPSA) is 75.3 Å². The molecule has 0 aliphatic carbocycles. The van der Waals surface area contributed by atoms with Crippen LogP contribution in [0.2, 0.25) is 5.02 Å². The van der Waals surface area contributed by atoms with Crippen LogP contribution in [0.5, 0.6) is 0 Å². The van der Waals surface area contributed by atoms with Gasteiger partial charge in [0.05, 0.1) is 16.8 Å². The first-order valence-corrected chi connectivity index (χ1v) is 8.48. The number of benzene rings is 1. The summed E-state index contributed by atoms with van der Waals surface area (Å²) in [6.45, 7) is 0.297. The lowest BCUT2D eigenvalue weighted by Gasteiger charge is -2.23. The summed E-state index contributed by atoms with van der Waals surface area (Å²) in [6, 6.07) is 7.37. The van der Waals surface area contributed by atoms with Gasteiger partial charge in [0.2, 0.25) is 17.8 Å². The summed E-state index contributed by atoms with van der Waals surface area (Å²) < 4.78 is 22.0. The van der Waals surface area contributed by atoms with Gasteiger partial charge in [-0.3, -0.25) is 4.72 Å². The molecule has 126 valence electrons. The lowest BCUT2D eigenvalue weighted by Crippen LogP contribution is -2.29. The van der Waals surface area contributed by atoms with E-state index >= 15 is 0 Å². The summed E-state index contributed by atoms with van der Waals surface area (Å²) in [5.74, 6) is 0.365. The van der Waals surface area contributed by atoms with Gasteiger partial charge >= 0.3 is 0 Å². The van der Waals surface area contributed by atoms with E-state index in [9.17, 15) is 4.39 Å². The number of fused-ring (bicyclic) bond motifs is 1. The van der Waals surface area contributed by atoms with Crippen LogP contribution in [0, 0.1) is 5.95 Å². The van der Waals surface area contributed by atoms with Gasteiger partial charge in [0, 0.05) is 17.3 Å². The molecule has 1 aliphatic heterocycles. The van der Waals surface area contributed by atoms with Crippen LogP contribution in [-0.2, 0) is 6.54 Å². The third kappa shape index (κ3) is 3.18. The Labute approximate surface area is 151 Å². The Balaban J connectivity index is 1.69. The zero-order chi connectivity index (χ0) is 17.2. The van der Waals surface area contributed by atoms with E-state index in [1.54, 1.807) is 12.3 Å². The maximum absolute atomic E-state index is 13.7. The van der Waals surface area contributed by atoms with Gasteiger partial charge in [-0.2, -0.15) is 4.39 Å². The van der Waals surface area contributed by atoms with Crippen molar-refractivity contribution in [3.63, 3.8) is 0 Å². The van der Waals surface area contributed by atoms with Crippen molar-refractivity contribution in [1.82, 2.24) is 14.7 Å². The first kappa shape index (κ1) is 15.9. The normalized spacial score (nSPS) is 14.7. The zero-order valence-electron chi connectivity index (χ0n) is 12.7. The van der Waals surface area contributed by atoms with Gasteiger partial charge in [0.15, 0.2) is 0 Å². The highest BCUT2D eigenvalue weighted by Crippen LogP contribution is 2.40. The molecule has 0 amide bonds. The number of guanidine groups is 1. The number of aliphatic imine (C=N–C) groups is 1. The molecule has 0 bridgehead atoms. The second kappa shape index (κ2) is 6.73. The quantitative estimate of drug-likeness (QED) is 0.530. The van der Waals surface area contributed by atoms with Crippen molar-refractivity contribution in [1.29, 1.82) is 0 Å². The Bertz CT molecular complexity index is 948. The molecular formula is C16H11ClFN5OS. The minimum Gasteiger partial charge on any atom is -0.447 e. The average Bonchev–Trinajstić information content (AvgIpc) is 3.15. The Hall–Kier alpha value is -2.58. The molecular weight excluding hydrogens is 365 g/mol. The highest BCUT2D eigenvalue weighted by Gasteiger charge is 2.20. The highest BCUT2D eigenvalue weighted by atomic mass is 35.5. The number of oxazole rings is 1. The van der Waals surface area contributed by atoms with Crippen LogP contribution in [-0.4, -0.2) is 15.9 Å². The SMILES string of the molecule is Fc1nccc(-c2cccc3c2NC(=NCc2ncco2)NS3)c1Cl. The Morgan fingerprint density at radius 1 is 1.20 bits per heavy atom. The van der Waals surface area contributed by atoms with E-state index in [2.05, 4.69) is 25.0 Å². The van der Waals surface area contributed by atoms with Crippen molar-refractivity contribution in [3.8, 4) is 11.1 Å². The molecule has 2 aromatic heterocycles. The number of pyridine rings is 1. The Kier molecular flexibility index (Phi) is 4.29. The minimum absolute atomic E-state index is 0.0143. The van der Waals surface area contributed by atoms with Crippen molar-refractivity contribution in [2.75, 3.05) is 5.32 Å². The van der Waals surface area contributed by atoms with E-state index in [1.807, 2.05) is 18.2 Å². The maximum atomic E-state index is 13.7. The summed E-state index contributed by atoms with van der Waals surface area (Å²) >= 11 is 7.50. The van der Waals surface area contributed by atoms with Crippen LogP contribution >= 0.6 is 23.5 Å². The monoisotopic (exact) mass is 375 g/mol. The number of rotatable bonds is 3. The largest absolute Gasteiger partial charge is 0.447 e. The van der Waals surface area contributed by atoms with Gasteiger partial charge in [-0.25, -0.2) is 15.0 Å². The molecule has 0 fully saturated rings. The number of hydrogen-bond donors (Lipinski definition) is 2. The van der Waals surface area contributed by atoms with E-state index in [0.29, 0.717) is 24.0 Å². The molecule has 6 nitrogen and oxygen atoms in total. The third-order valence-electron chi connectivity index (χ3n) is 3.52. The second-order valence-corrected chi connectivity index (χ2v) is 6.29. The molecule has 0 spiro atoms. The Morgan fingerprint density at radius 2 is 2.12 bits per heavy atom. The van der Waals surface area contributed by atoms with E-state index < -0.39 is 5.95 Å². The predicted molar refractivity (Wildman–Crippen MR) is 94.9 cm³/mol. The molecule has 4 rings (SSSR count). The minimum atomic E-state index is -0.698. The number of nitrogens with one attached hydrogen (secondary N) is 2. The first-order valence-electron chi connectivity index (χ1n) is 7.28. The summed E-state index contributed by atoms with van der Waals surface area (Å²) in [5.41, 5.74) is 2.12. The fourth-order valence-electron chi connectivity index (χ4n) is 2.39. The molecule has 1 aliphatic rings. The van der Waals surface area contributed by atoms with Gasteiger partial charge in [-0.15, -0.1) is 0 Å². The van der Waals surface area contributed by atoms with E-state index in [4.69, 9.17) is 16.0 Å². The van der Waals surface area contributed by atoms with Gasteiger partial charge in [0.25, 0.3) is 0 Å². The maximum Gasteiger partial charge on any atom is 0.232 e. The highest BCUT2D eigenvalue weighted by molar-refractivity contribution is 7.98. The van der Waals surface area contributed by atoms with Crippen LogP contribution in [0.1, 0.15) is 5.89 Å². The number of anilines is 1. The van der Waals surface area contributed by atoms with Crippen molar-refractivity contribution >= 4 is 35.2 Å². The summed E-state index contributed by atoms with van der Waals surface area (Å²) in [6.07, 6.45) is 4.46. The smallest absolute Gasteiger partial charge is 0.232 e. The van der Waals surface area contributed by atoms with Crippen LogP contribution < -0.4 is 10.0 Å². The van der Waals surface area contributed by atoms with Gasteiger partial charge in [-0.05, 0) is 24.1 Å². The van der Waals surface area contributed by atoms with Gasteiger partial charge in [-0.1, -0.05) is 23.7 Å². The second-order valence-electron chi connectivity index (χ2n) is 5.06. The van der Waals surface area contributed by atoms with Gasteiger partial charge in [0.1, 0.15) is 17.8 Å². The molecule has 0 saturated carbocycles. The van der Waals surface area contributed by atoms with E-state index in [-0.39, 0.29) is 5.02 Å². The molecule has 3 aromatic rings. The van der Waals surface area contributed by atoms with Crippen LogP contribution in [0.15, 0.2) is 57.2 Å². The molecule has 25 heavy (non-hydrogen) atoms. The van der Waals surface area contributed by atoms with Crippen molar-refractivity contribution in [3.05, 3.63) is 59.8 Å². The van der Waals surface area contributed by atoms with Crippen molar-refractivity contribution in [2.24, 2.45) is 4.99 Å². The number of aromatic nitrogens is 2. The third-order valence-corrected chi connectivity index (χ3v) is 4.74. The molecule has 0 saturated heterocycles. The number of halogens is 2. The molecule has 0 radical (unpaired) electrons. The van der Waals surface area contributed by atoms with Crippen LogP contribution in [0.3, 0.4) is 0 Å². The summed E-state index contributed by atoms with van der Waals surface area (Å²) in [4.78, 5) is 12.9. The number of para-hydroxylation sites is 1. The molecule has 0 unspecified atom stereocenters. The van der Waals surface area contributed by atoms with Crippen molar-refractivity contribution < 1.29 is 8.81 Å². The van der Waals surface area contributed by atoms with Crippen LogP contribution in [0.25, 0.3) is 11.1 Å². The van der Waals surface area contributed by atoms with Gasteiger partial charge < -0.3 is 9.73 Å². The molecule has 0 atom stereocenters. The van der Waals surface area contributed by atoms with E-state index in [0.717, 1.165) is 16.1 Å². The zero-order valence-corrected chi connectivity index (χ0v) is 14.2. The number of nitrogens with zero attached hydrogens (tertiary/aromatic N) is 3. The molecule has 9 heteroatoms.